The highest BCUT2D eigenvalue weighted by Gasteiger charge is 2.11. The first kappa shape index (κ1) is 8.07. The summed E-state index contributed by atoms with van der Waals surface area (Å²) in [7, 11) is 4.01. The highest BCUT2D eigenvalue weighted by molar-refractivity contribution is 5.41. The molecule has 1 aromatic rings. The van der Waals surface area contributed by atoms with E-state index in [0.29, 0.717) is 0 Å². The van der Waals surface area contributed by atoms with E-state index in [1.807, 2.05) is 14.1 Å². The fourth-order valence-corrected chi connectivity index (χ4v) is 0.898. The molecule has 1 heterocycles. The van der Waals surface area contributed by atoms with Crippen molar-refractivity contribution in [1.82, 2.24) is 15.1 Å². The van der Waals surface area contributed by atoms with Crippen LogP contribution in [0.2, 0.25) is 0 Å². The Morgan fingerprint density at radius 2 is 2.27 bits per heavy atom. The summed E-state index contributed by atoms with van der Waals surface area (Å²) in [5, 5.41) is 6.72. The van der Waals surface area contributed by atoms with Crippen molar-refractivity contribution in [3.63, 3.8) is 0 Å². The first-order valence-electron chi connectivity index (χ1n) is 3.58. The maximum atomic E-state index is 5.66. The second-order valence-electron chi connectivity index (χ2n) is 2.88. The van der Waals surface area contributed by atoms with Crippen molar-refractivity contribution in [2.75, 3.05) is 19.8 Å². The van der Waals surface area contributed by atoms with Gasteiger partial charge in [0, 0.05) is 0 Å². The van der Waals surface area contributed by atoms with Gasteiger partial charge in [-0.15, -0.1) is 0 Å². The van der Waals surface area contributed by atoms with Gasteiger partial charge < -0.3 is 10.6 Å². The Hall–Kier alpha value is -1.03. The molecule has 0 saturated carbocycles. The summed E-state index contributed by atoms with van der Waals surface area (Å²) < 4.78 is 0. The van der Waals surface area contributed by atoms with E-state index in [-0.39, 0.29) is 6.04 Å². The number of hydrogen-bond acceptors (Lipinski definition) is 3. The minimum atomic E-state index is 0.289. The molecule has 0 spiro atoms. The van der Waals surface area contributed by atoms with Crippen molar-refractivity contribution >= 4 is 5.69 Å². The van der Waals surface area contributed by atoms with Crippen LogP contribution in [0.5, 0.6) is 0 Å². The topological polar surface area (TPSA) is 57.9 Å². The van der Waals surface area contributed by atoms with Crippen molar-refractivity contribution in [3.8, 4) is 0 Å². The van der Waals surface area contributed by atoms with E-state index in [0.717, 1.165) is 11.4 Å². The number of nitrogen functional groups attached to an aromatic ring is 1. The van der Waals surface area contributed by atoms with Gasteiger partial charge in [0.05, 0.1) is 23.6 Å². The van der Waals surface area contributed by atoms with Crippen molar-refractivity contribution in [2.24, 2.45) is 0 Å². The summed E-state index contributed by atoms with van der Waals surface area (Å²) in [4.78, 5) is 2.07. The molecule has 0 radical (unpaired) electrons. The molecule has 62 valence electrons. The zero-order chi connectivity index (χ0) is 8.43. The number of nitrogens with one attached hydrogen (secondary N) is 1. The lowest BCUT2D eigenvalue weighted by atomic mass is 10.2. The van der Waals surface area contributed by atoms with Gasteiger partial charge in [-0.05, 0) is 21.0 Å². The molecular formula is C7H14N4. The van der Waals surface area contributed by atoms with Crippen molar-refractivity contribution in [1.29, 1.82) is 0 Å². The monoisotopic (exact) mass is 154 g/mol. The van der Waals surface area contributed by atoms with Gasteiger partial charge in [-0.2, -0.15) is 5.10 Å². The van der Waals surface area contributed by atoms with Crippen LogP contribution in [0.1, 0.15) is 18.7 Å². The number of rotatable bonds is 2. The van der Waals surface area contributed by atoms with Gasteiger partial charge in [-0.1, -0.05) is 0 Å². The van der Waals surface area contributed by atoms with Crippen LogP contribution in [0, 0.1) is 0 Å². The predicted molar refractivity (Wildman–Crippen MR) is 45.1 cm³/mol. The van der Waals surface area contributed by atoms with E-state index >= 15 is 0 Å². The smallest absolute Gasteiger partial charge is 0.0750 e. The minimum Gasteiger partial charge on any atom is -0.396 e. The zero-order valence-corrected chi connectivity index (χ0v) is 7.13. The van der Waals surface area contributed by atoms with Crippen LogP contribution in [-0.2, 0) is 0 Å². The van der Waals surface area contributed by atoms with E-state index in [2.05, 4.69) is 22.0 Å². The largest absolute Gasteiger partial charge is 0.396 e. The third kappa shape index (κ3) is 1.51. The van der Waals surface area contributed by atoms with Crippen LogP contribution in [0.15, 0.2) is 6.20 Å². The molecule has 0 aliphatic rings. The van der Waals surface area contributed by atoms with Crippen LogP contribution in [0.4, 0.5) is 5.69 Å². The molecule has 11 heavy (non-hydrogen) atoms. The normalized spacial score (nSPS) is 13.8. The molecule has 1 rings (SSSR count). The fourth-order valence-electron chi connectivity index (χ4n) is 0.898. The number of nitrogens with zero attached hydrogens (tertiary/aromatic N) is 2. The Morgan fingerprint density at radius 3 is 2.64 bits per heavy atom. The van der Waals surface area contributed by atoms with E-state index in [1.165, 1.54) is 0 Å². The fraction of sp³-hybridized carbons (Fsp3) is 0.571. The third-order valence-corrected chi connectivity index (χ3v) is 1.89. The molecule has 0 amide bonds. The SMILES string of the molecule is CC(c1[nH]ncc1N)N(C)C. The van der Waals surface area contributed by atoms with Gasteiger partial charge in [-0.25, -0.2) is 0 Å². The Morgan fingerprint density at radius 1 is 1.64 bits per heavy atom. The summed E-state index contributed by atoms with van der Waals surface area (Å²) in [6.45, 7) is 2.07. The lowest BCUT2D eigenvalue weighted by Crippen LogP contribution is -2.18. The maximum absolute atomic E-state index is 5.66. The molecule has 1 aromatic heterocycles. The molecule has 0 aliphatic carbocycles. The first-order chi connectivity index (χ1) is 5.13. The van der Waals surface area contributed by atoms with E-state index in [4.69, 9.17) is 5.73 Å². The van der Waals surface area contributed by atoms with Crippen molar-refractivity contribution in [2.45, 2.75) is 13.0 Å². The molecule has 3 N–H and O–H groups in total. The molecule has 0 aromatic carbocycles. The number of aromatic nitrogens is 2. The van der Waals surface area contributed by atoms with Crippen molar-refractivity contribution in [3.05, 3.63) is 11.9 Å². The summed E-state index contributed by atoms with van der Waals surface area (Å²) in [5.41, 5.74) is 7.37. The van der Waals surface area contributed by atoms with Gasteiger partial charge in [-0.3, -0.25) is 5.10 Å². The van der Waals surface area contributed by atoms with E-state index < -0.39 is 0 Å². The Balaban J connectivity index is 2.84. The molecule has 0 bridgehead atoms. The standard InChI is InChI=1S/C7H14N4/c1-5(11(2)3)7-6(8)4-9-10-7/h4-5H,8H2,1-3H3,(H,9,10). The molecule has 1 unspecified atom stereocenters. The number of H-pyrrole nitrogens is 1. The highest BCUT2D eigenvalue weighted by Crippen LogP contribution is 2.19. The predicted octanol–water partition coefficient (Wildman–Crippen LogP) is 0.614. The summed E-state index contributed by atoms with van der Waals surface area (Å²) in [6, 6.07) is 0.289. The average molecular weight is 154 g/mol. The molecular weight excluding hydrogens is 140 g/mol. The summed E-state index contributed by atoms with van der Waals surface area (Å²) in [6.07, 6.45) is 1.63. The van der Waals surface area contributed by atoms with Crippen LogP contribution in [0.25, 0.3) is 0 Å². The van der Waals surface area contributed by atoms with Gasteiger partial charge in [0.1, 0.15) is 0 Å². The van der Waals surface area contributed by atoms with Gasteiger partial charge in [0.25, 0.3) is 0 Å². The first-order valence-corrected chi connectivity index (χ1v) is 3.58. The van der Waals surface area contributed by atoms with Crippen LogP contribution in [0.3, 0.4) is 0 Å². The Kier molecular flexibility index (Phi) is 2.14. The molecule has 0 saturated heterocycles. The number of nitrogens with two attached hydrogens (primary N) is 1. The second-order valence-corrected chi connectivity index (χ2v) is 2.88. The lowest BCUT2D eigenvalue weighted by Gasteiger charge is -2.18. The van der Waals surface area contributed by atoms with Crippen LogP contribution < -0.4 is 5.73 Å². The van der Waals surface area contributed by atoms with Crippen LogP contribution in [-0.4, -0.2) is 29.2 Å². The van der Waals surface area contributed by atoms with E-state index in [1.54, 1.807) is 6.20 Å². The highest BCUT2D eigenvalue weighted by atomic mass is 15.2. The third-order valence-electron chi connectivity index (χ3n) is 1.89. The molecule has 4 nitrogen and oxygen atoms in total. The minimum absolute atomic E-state index is 0.289. The average Bonchev–Trinajstić information content (AvgIpc) is 2.33. The van der Waals surface area contributed by atoms with Crippen LogP contribution >= 0.6 is 0 Å². The molecule has 0 fully saturated rings. The van der Waals surface area contributed by atoms with Crippen molar-refractivity contribution < 1.29 is 0 Å². The van der Waals surface area contributed by atoms with Gasteiger partial charge in [0.15, 0.2) is 0 Å². The zero-order valence-electron chi connectivity index (χ0n) is 7.13. The molecule has 0 aliphatic heterocycles. The summed E-state index contributed by atoms with van der Waals surface area (Å²) >= 11 is 0. The second kappa shape index (κ2) is 2.92. The number of anilines is 1. The maximum Gasteiger partial charge on any atom is 0.0750 e. The quantitative estimate of drug-likeness (QED) is 0.656. The Bertz CT molecular complexity index is 228. The molecule has 4 heteroatoms. The van der Waals surface area contributed by atoms with E-state index in [9.17, 15) is 0 Å². The number of aromatic amines is 1. The summed E-state index contributed by atoms with van der Waals surface area (Å²) in [5.74, 6) is 0. The number of hydrogen-bond donors (Lipinski definition) is 2. The lowest BCUT2D eigenvalue weighted by molar-refractivity contribution is 0.316. The Labute approximate surface area is 66.4 Å². The molecule has 1 atom stereocenters. The van der Waals surface area contributed by atoms with Gasteiger partial charge in [0.2, 0.25) is 0 Å². The van der Waals surface area contributed by atoms with Gasteiger partial charge >= 0.3 is 0 Å².